The van der Waals surface area contributed by atoms with Crippen LogP contribution in [-0.4, -0.2) is 20.5 Å². The van der Waals surface area contributed by atoms with Crippen molar-refractivity contribution in [2.24, 2.45) is 0 Å². The van der Waals surface area contributed by atoms with Crippen molar-refractivity contribution < 1.29 is 5.11 Å². The molecule has 2 heterocycles. The Morgan fingerprint density at radius 2 is 2.38 bits per heavy atom. The van der Waals surface area contributed by atoms with Gasteiger partial charge in [0, 0.05) is 6.20 Å². The average molecular weight is 237 g/mol. The predicted molar refractivity (Wildman–Crippen MR) is 66.1 cm³/mol. The third-order valence-electron chi connectivity index (χ3n) is 1.97. The highest BCUT2D eigenvalue weighted by molar-refractivity contribution is 7.14. The van der Waals surface area contributed by atoms with Crippen molar-refractivity contribution in [1.29, 1.82) is 0 Å². The monoisotopic (exact) mass is 237 g/mol. The number of rotatable bonds is 4. The van der Waals surface area contributed by atoms with Gasteiger partial charge in [-0.2, -0.15) is 5.10 Å². The van der Waals surface area contributed by atoms with Crippen LogP contribution in [-0.2, 0) is 6.54 Å². The molecule has 0 spiro atoms. The Kier molecular flexibility index (Phi) is 2.98. The molecule has 0 aliphatic rings. The maximum atomic E-state index is 9.66. The number of nitrogens with one attached hydrogen (secondary N) is 1. The topological polar surface area (TPSA) is 50.1 Å². The Morgan fingerprint density at radius 3 is 3.00 bits per heavy atom. The summed E-state index contributed by atoms with van der Waals surface area (Å²) in [5, 5.41) is 20.2. The van der Waals surface area contributed by atoms with Crippen LogP contribution >= 0.6 is 11.3 Å². The molecule has 2 rings (SSSR count). The third-order valence-corrected chi connectivity index (χ3v) is 2.76. The molecule has 0 saturated carbocycles. The first kappa shape index (κ1) is 11.2. The van der Waals surface area contributed by atoms with E-state index in [4.69, 9.17) is 0 Å². The first-order valence-electron chi connectivity index (χ1n) is 5.08. The maximum absolute atomic E-state index is 9.66. The summed E-state index contributed by atoms with van der Waals surface area (Å²) in [7, 11) is 0. The van der Waals surface area contributed by atoms with Gasteiger partial charge in [-0.1, -0.05) is 0 Å². The lowest BCUT2D eigenvalue weighted by molar-refractivity contribution is 0.0578. The first-order chi connectivity index (χ1) is 7.53. The molecule has 0 atom stereocenters. The van der Waals surface area contributed by atoms with E-state index in [1.807, 2.05) is 23.7 Å². The minimum absolute atomic E-state index is 0.485. The van der Waals surface area contributed by atoms with Crippen molar-refractivity contribution in [2.75, 3.05) is 5.32 Å². The lowest BCUT2D eigenvalue weighted by Crippen LogP contribution is -2.26. The highest BCUT2D eigenvalue weighted by Crippen LogP contribution is 2.21. The van der Waals surface area contributed by atoms with E-state index in [2.05, 4.69) is 10.4 Å². The summed E-state index contributed by atoms with van der Waals surface area (Å²) in [5.41, 5.74) is 0.193. The van der Waals surface area contributed by atoms with E-state index in [-0.39, 0.29) is 0 Å². The van der Waals surface area contributed by atoms with Crippen LogP contribution in [0.1, 0.15) is 13.8 Å². The number of thiophene rings is 1. The van der Waals surface area contributed by atoms with Crippen LogP contribution in [0.25, 0.3) is 0 Å². The van der Waals surface area contributed by atoms with Gasteiger partial charge in [0.25, 0.3) is 0 Å². The van der Waals surface area contributed by atoms with Gasteiger partial charge in [-0.3, -0.25) is 4.68 Å². The first-order valence-corrected chi connectivity index (χ1v) is 5.96. The molecule has 0 saturated heterocycles. The second-order valence-corrected chi connectivity index (χ2v) is 5.29. The molecule has 86 valence electrons. The molecule has 2 aromatic heterocycles. The zero-order chi connectivity index (χ0) is 11.6. The van der Waals surface area contributed by atoms with Crippen LogP contribution in [0.4, 0.5) is 10.7 Å². The minimum atomic E-state index is -0.744. The summed E-state index contributed by atoms with van der Waals surface area (Å²) in [6.45, 7) is 4.02. The molecule has 5 heteroatoms. The molecule has 0 aromatic carbocycles. The molecular formula is C11H15N3OS. The number of aliphatic hydroxyl groups is 1. The Labute approximate surface area is 98.5 Å². The Morgan fingerprint density at radius 1 is 1.56 bits per heavy atom. The van der Waals surface area contributed by atoms with Gasteiger partial charge in [0.2, 0.25) is 0 Å². The maximum Gasteiger partial charge on any atom is 0.0927 e. The van der Waals surface area contributed by atoms with Gasteiger partial charge in [0.1, 0.15) is 0 Å². The molecule has 0 bridgehead atoms. The smallest absolute Gasteiger partial charge is 0.0927 e. The van der Waals surface area contributed by atoms with E-state index >= 15 is 0 Å². The van der Waals surface area contributed by atoms with Crippen molar-refractivity contribution in [1.82, 2.24) is 9.78 Å². The Balaban J connectivity index is 2.03. The zero-order valence-electron chi connectivity index (χ0n) is 9.34. The fraction of sp³-hybridized carbons (Fsp3) is 0.364. The summed E-state index contributed by atoms with van der Waals surface area (Å²) in [6, 6.07) is 4.01. The van der Waals surface area contributed by atoms with E-state index in [0.717, 1.165) is 10.7 Å². The fourth-order valence-electron chi connectivity index (χ4n) is 1.40. The van der Waals surface area contributed by atoms with Crippen LogP contribution < -0.4 is 5.32 Å². The summed E-state index contributed by atoms with van der Waals surface area (Å²) in [6.07, 6.45) is 3.64. The van der Waals surface area contributed by atoms with Gasteiger partial charge in [0.15, 0.2) is 0 Å². The number of hydrogen-bond acceptors (Lipinski definition) is 4. The summed E-state index contributed by atoms with van der Waals surface area (Å²) in [4.78, 5) is 0. The normalized spacial score (nSPS) is 11.7. The summed E-state index contributed by atoms with van der Waals surface area (Å²) < 4.78 is 1.73. The van der Waals surface area contributed by atoms with Crippen molar-refractivity contribution in [2.45, 2.75) is 26.0 Å². The second-order valence-electron chi connectivity index (χ2n) is 4.34. The van der Waals surface area contributed by atoms with Crippen molar-refractivity contribution in [3.8, 4) is 0 Å². The van der Waals surface area contributed by atoms with Gasteiger partial charge in [-0.25, -0.2) is 0 Å². The van der Waals surface area contributed by atoms with Gasteiger partial charge in [0.05, 0.1) is 29.0 Å². The van der Waals surface area contributed by atoms with Gasteiger partial charge in [-0.15, -0.1) is 11.3 Å². The minimum Gasteiger partial charge on any atom is -0.389 e. The average Bonchev–Trinajstić information content (AvgIpc) is 2.75. The second kappa shape index (κ2) is 4.27. The van der Waals surface area contributed by atoms with E-state index in [1.54, 1.807) is 36.1 Å². The Hall–Kier alpha value is -1.33. The Bertz CT molecular complexity index is 442. The molecular weight excluding hydrogens is 222 g/mol. The van der Waals surface area contributed by atoms with E-state index in [1.165, 1.54) is 0 Å². The van der Waals surface area contributed by atoms with E-state index in [9.17, 15) is 5.11 Å². The third kappa shape index (κ3) is 3.08. The zero-order valence-corrected chi connectivity index (χ0v) is 10.2. The van der Waals surface area contributed by atoms with E-state index in [0.29, 0.717) is 6.54 Å². The van der Waals surface area contributed by atoms with Crippen LogP contribution in [0.3, 0.4) is 0 Å². The molecule has 0 unspecified atom stereocenters. The lowest BCUT2D eigenvalue weighted by atomic mass is 10.1. The molecule has 0 radical (unpaired) electrons. The van der Waals surface area contributed by atoms with Crippen LogP contribution in [0.5, 0.6) is 0 Å². The van der Waals surface area contributed by atoms with Crippen LogP contribution in [0.2, 0.25) is 0 Å². The van der Waals surface area contributed by atoms with Crippen LogP contribution in [0.15, 0.2) is 29.9 Å². The lowest BCUT2D eigenvalue weighted by Gasteiger charge is -2.16. The fourth-order valence-corrected chi connectivity index (χ4v) is 2.04. The van der Waals surface area contributed by atoms with Crippen LogP contribution in [0, 0.1) is 0 Å². The SMILES string of the molecule is CC(C)(O)Cn1cc(Nc2cccs2)cn1. The van der Waals surface area contributed by atoms with E-state index < -0.39 is 5.60 Å². The largest absolute Gasteiger partial charge is 0.389 e. The number of hydrogen-bond donors (Lipinski definition) is 2. The molecule has 0 amide bonds. The number of anilines is 2. The quantitative estimate of drug-likeness (QED) is 0.858. The molecule has 16 heavy (non-hydrogen) atoms. The summed E-state index contributed by atoms with van der Waals surface area (Å²) in [5.74, 6) is 0. The van der Waals surface area contributed by atoms with Crippen molar-refractivity contribution >= 4 is 22.0 Å². The van der Waals surface area contributed by atoms with Crippen molar-refractivity contribution in [3.63, 3.8) is 0 Å². The molecule has 4 nitrogen and oxygen atoms in total. The standard InChI is InChI=1S/C11H15N3OS/c1-11(2,15)8-14-7-9(6-12-14)13-10-4-3-5-16-10/h3-7,13,15H,8H2,1-2H3. The number of nitrogens with zero attached hydrogens (tertiary/aromatic N) is 2. The number of aromatic nitrogens is 2. The predicted octanol–water partition coefficient (Wildman–Crippen LogP) is 2.46. The highest BCUT2D eigenvalue weighted by atomic mass is 32.1. The molecule has 0 aliphatic carbocycles. The molecule has 0 aliphatic heterocycles. The van der Waals surface area contributed by atoms with Crippen molar-refractivity contribution in [3.05, 3.63) is 29.9 Å². The molecule has 2 aromatic rings. The van der Waals surface area contributed by atoms with Gasteiger partial charge < -0.3 is 10.4 Å². The molecule has 2 N–H and O–H groups in total. The van der Waals surface area contributed by atoms with Gasteiger partial charge in [-0.05, 0) is 31.4 Å². The molecule has 0 fully saturated rings. The highest BCUT2D eigenvalue weighted by Gasteiger charge is 2.13. The summed E-state index contributed by atoms with van der Waals surface area (Å²) >= 11 is 1.64. The van der Waals surface area contributed by atoms with Gasteiger partial charge >= 0.3 is 0 Å².